The molecule has 20 heavy (non-hydrogen) atoms. The second kappa shape index (κ2) is 5.35. The van der Waals surface area contributed by atoms with E-state index in [1.165, 1.54) is 24.4 Å². The minimum atomic E-state index is -1.06. The predicted molar refractivity (Wildman–Crippen MR) is 72.3 cm³/mol. The average molecular weight is 273 g/mol. The molecule has 0 spiro atoms. The Morgan fingerprint density at radius 3 is 2.75 bits per heavy atom. The van der Waals surface area contributed by atoms with Gasteiger partial charge >= 0.3 is 5.97 Å². The van der Waals surface area contributed by atoms with Crippen LogP contribution in [0.25, 0.3) is 0 Å². The van der Waals surface area contributed by atoms with Crippen LogP contribution in [0.3, 0.4) is 0 Å². The second-order valence-electron chi connectivity index (χ2n) is 4.12. The Labute approximate surface area is 114 Å². The number of carboxylic acids is 1. The van der Waals surface area contributed by atoms with Crippen molar-refractivity contribution in [3.8, 4) is 0 Å². The first-order valence-electron chi connectivity index (χ1n) is 5.69. The molecule has 2 N–H and O–H groups in total. The van der Waals surface area contributed by atoms with Crippen molar-refractivity contribution < 1.29 is 14.8 Å². The van der Waals surface area contributed by atoms with Crippen LogP contribution in [-0.2, 0) is 0 Å². The van der Waals surface area contributed by atoms with Crippen molar-refractivity contribution in [1.82, 2.24) is 4.98 Å². The van der Waals surface area contributed by atoms with Gasteiger partial charge in [-0.25, -0.2) is 9.78 Å². The van der Waals surface area contributed by atoms with E-state index < -0.39 is 10.9 Å². The first-order chi connectivity index (χ1) is 9.47. The molecular formula is C13H11N3O4. The zero-order valence-corrected chi connectivity index (χ0v) is 10.5. The summed E-state index contributed by atoms with van der Waals surface area (Å²) < 4.78 is 0. The fourth-order valence-electron chi connectivity index (χ4n) is 1.66. The molecule has 1 aromatic heterocycles. The molecule has 7 heteroatoms. The highest BCUT2D eigenvalue weighted by Crippen LogP contribution is 2.24. The van der Waals surface area contributed by atoms with Crippen LogP contribution in [-0.4, -0.2) is 21.0 Å². The number of aromatic nitrogens is 1. The fourth-order valence-corrected chi connectivity index (χ4v) is 1.66. The van der Waals surface area contributed by atoms with Crippen LogP contribution in [0.1, 0.15) is 15.9 Å². The van der Waals surface area contributed by atoms with Crippen LogP contribution >= 0.6 is 0 Å². The molecule has 1 aromatic carbocycles. The highest BCUT2D eigenvalue weighted by atomic mass is 16.6. The van der Waals surface area contributed by atoms with Crippen molar-refractivity contribution in [2.45, 2.75) is 6.92 Å². The number of pyridine rings is 1. The molecule has 7 nitrogen and oxygen atoms in total. The van der Waals surface area contributed by atoms with Gasteiger partial charge in [-0.05, 0) is 25.1 Å². The standard InChI is InChI=1S/C13H11N3O4/c1-8-2-3-10(7-11(8)16(19)20)15-12-6-9(13(17)18)4-5-14-12/h2-7H,1H3,(H,14,15)(H,17,18). The van der Waals surface area contributed by atoms with Crippen molar-refractivity contribution in [3.05, 3.63) is 57.8 Å². The number of carbonyl (C=O) groups is 1. The first kappa shape index (κ1) is 13.5. The summed E-state index contributed by atoms with van der Waals surface area (Å²) in [5.41, 5.74) is 1.10. The van der Waals surface area contributed by atoms with Gasteiger partial charge in [0, 0.05) is 23.5 Å². The number of nitro benzene ring substituents is 1. The largest absolute Gasteiger partial charge is 0.478 e. The molecule has 0 bridgehead atoms. The first-order valence-corrected chi connectivity index (χ1v) is 5.69. The zero-order chi connectivity index (χ0) is 14.7. The summed E-state index contributed by atoms with van der Waals surface area (Å²) in [5.74, 6) is -0.756. The smallest absolute Gasteiger partial charge is 0.335 e. The number of rotatable bonds is 4. The normalized spacial score (nSPS) is 10.1. The van der Waals surface area contributed by atoms with Crippen molar-refractivity contribution in [2.75, 3.05) is 5.32 Å². The van der Waals surface area contributed by atoms with E-state index in [0.29, 0.717) is 17.1 Å². The van der Waals surface area contributed by atoms with Gasteiger partial charge in [0.05, 0.1) is 10.5 Å². The number of hydrogen-bond acceptors (Lipinski definition) is 5. The number of benzene rings is 1. The van der Waals surface area contributed by atoms with Gasteiger partial charge < -0.3 is 10.4 Å². The van der Waals surface area contributed by atoms with Gasteiger partial charge in [-0.15, -0.1) is 0 Å². The highest BCUT2D eigenvalue weighted by Gasteiger charge is 2.11. The fraction of sp³-hybridized carbons (Fsp3) is 0.0769. The Hall–Kier alpha value is -2.96. The summed E-state index contributed by atoms with van der Waals surface area (Å²) in [7, 11) is 0. The van der Waals surface area contributed by atoms with Crippen molar-refractivity contribution >= 4 is 23.2 Å². The lowest BCUT2D eigenvalue weighted by molar-refractivity contribution is -0.385. The lowest BCUT2D eigenvalue weighted by Gasteiger charge is -2.07. The number of aryl methyl sites for hydroxylation is 1. The molecular weight excluding hydrogens is 262 g/mol. The van der Waals surface area contributed by atoms with Crippen LogP contribution in [0.4, 0.5) is 17.2 Å². The Morgan fingerprint density at radius 1 is 1.35 bits per heavy atom. The van der Waals surface area contributed by atoms with E-state index in [2.05, 4.69) is 10.3 Å². The summed E-state index contributed by atoms with van der Waals surface area (Å²) in [6, 6.07) is 7.38. The topological polar surface area (TPSA) is 105 Å². The molecule has 0 saturated heterocycles. The van der Waals surface area contributed by atoms with Crippen molar-refractivity contribution in [2.24, 2.45) is 0 Å². The van der Waals surface area contributed by atoms with Crippen molar-refractivity contribution in [3.63, 3.8) is 0 Å². The van der Waals surface area contributed by atoms with E-state index in [1.54, 1.807) is 19.1 Å². The van der Waals surface area contributed by atoms with E-state index in [4.69, 9.17) is 5.11 Å². The van der Waals surface area contributed by atoms with Gasteiger partial charge in [0.1, 0.15) is 5.82 Å². The molecule has 2 rings (SSSR count). The quantitative estimate of drug-likeness (QED) is 0.655. The van der Waals surface area contributed by atoms with Crippen LogP contribution in [0.15, 0.2) is 36.5 Å². The number of carboxylic acid groups (broad SMARTS) is 1. The van der Waals surface area contributed by atoms with Gasteiger partial charge in [-0.3, -0.25) is 10.1 Å². The molecule has 0 unspecified atom stereocenters. The van der Waals surface area contributed by atoms with E-state index in [0.717, 1.165) is 0 Å². The lowest BCUT2D eigenvalue weighted by Crippen LogP contribution is -2.00. The second-order valence-corrected chi connectivity index (χ2v) is 4.12. The Balaban J connectivity index is 2.30. The van der Waals surface area contributed by atoms with E-state index in [-0.39, 0.29) is 11.3 Å². The van der Waals surface area contributed by atoms with Crippen LogP contribution < -0.4 is 5.32 Å². The maximum absolute atomic E-state index is 10.9. The molecule has 1 heterocycles. The number of aromatic carboxylic acids is 1. The molecule has 0 atom stereocenters. The number of hydrogen-bond donors (Lipinski definition) is 2. The molecule has 0 aliphatic rings. The maximum atomic E-state index is 10.9. The molecule has 102 valence electrons. The third kappa shape index (κ3) is 2.89. The number of anilines is 2. The maximum Gasteiger partial charge on any atom is 0.335 e. The third-order valence-corrected chi connectivity index (χ3v) is 2.69. The van der Waals surface area contributed by atoms with E-state index in [9.17, 15) is 14.9 Å². The number of nitrogens with zero attached hydrogens (tertiary/aromatic N) is 2. The van der Waals surface area contributed by atoms with Crippen LogP contribution in [0.5, 0.6) is 0 Å². The SMILES string of the molecule is Cc1ccc(Nc2cc(C(=O)O)ccn2)cc1[N+](=O)[O-]. The molecule has 0 aliphatic carbocycles. The number of nitrogens with one attached hydrogen (secondary N) is 1. The molecule has 0 fully saturated rings. The van der Waals surface area contributed by atoms with Gasteiger partial charge in [0.15, 0.2) is 0 Å². The third-order valence-electron chi connectivity index (χ3n) is 2.69. The van der Waals surface area contributed by atoms with Gasteiger partial charge in [0.25, 0.3) is 5.69 Å². The van der Waals surface area contributed by atoms with E-state index in [1.807, 2.05) is 0 Å². The average Bonchev–Trinajstić information content (AvgIpc) is 2.41. The summed E-state index contributed by atoms with van der Waals surface area (Å²) in [5, 5.41) is 22.6. The van der Waals surface area contributed by atoms with Crippen LogP contribution in [0.2, 0.25) is 0 Å². The number of nitro groups is 1. The molecule has 0 aliphatic heterocycles. The van der Waals surface area contributed by atoms with Gasteiger partial charge in [-0.2, -0.15) is 0 Å². The zero-order valence-electron chi connectivity index (χ0n) is 10.5. The monoisotopic (exact) mass is 273 g/mol. The summed E-state index contributed by atoms with van der Waals surface area (Å²) in [6.45, 7) is 1.64. The summed E-state index contributed by atoms with van der Waals surface area (Å²) in [6.07, 6.45) is 1.36. The summed E-state index contributed by atoms with van der Waals surface area (Å²) in [4.78, 5) is 25.2. The Kier molecular flexibility index (Phi) is 3.60. The van der Waals surface area contributed by atoms with Gasteiger partial charge in [0.2, 0.25) is 0 Å². The molecule has 0 amide bonds. The Morgan fingerprint density at radius 2 is 2.10 bits per heavy atom. The minimum Gasteiger partial charge on any atom is -0.478 e. The van der Waals surface area contributed by atoms with Crippen LogP contribution in [0, 0.1) is 17.0 Å². The summed E-state index contributed by atoms with van der Waals surface area (Å²) >= 11 is 0. The Bertz CT molecular complexity index is 685. The lowest BCUT2D eigenvalue weighted by atomic mass is 10.2. The molecule has 2 aromatic rings. The predicted octanol–water partition coefficient (Wildman–Crippen LogP) is 2.74. The van der Waals surface area contributed by atoms with Gasteiger partial charge in [-0.1, -0.05) is 6.07 Å². The minimum absolute atomic E-state index is 0.00982. The molecule has 0 radical (unpaired) electrons. The van der Waals surface area contributed by atoms with Crippen molar-refractivity contribution in [1.29, 1.82) is 0 Å². The highest BCUT2D eigenvalue weighted by molar-refractivity contribution is 5.88. The molecule has 0 saturated carbocycles. The van der Waals surface area contributed by atoms with E-state index >= 15 is 0 Å².